The van der Waals surface area contributed by atoms with Crippen LogP contribution in [0.3, 0.4) is 0 Å². The molecule has 0 aliphatic carbocycles. The van der Waals surface area contributed by atoms with Gasteiger partial charge in [-0.2, -0.15) is 0 Å². The number of hydrogen-bond acceptors (Lipinski definition) is 6. The number of carbonyl (C=O) groups is 2. The largest absolute Gasteiger partial charge is 0.573 e. The summed E-state index contributed by atoms with van der Waals surface area (Å²) in [6.07, 6.45) is -4.86. The van der Waals surface area contributed by atoms with Gasteiger partial charge in [-0.1, -0.05) is 18.2 Å². The van der Waals surface area contributed by atoms with Gasteiger partial charge in [0.2, 0.25) is 0 Å². The Morgan fingerprint density at radius 2 is 1.80 bits per heavy atom. The summed E-state index contributed by atoms with van der Waals surface area (Å²) in [6, 6.07) is 9.09. The first-order chi connectivity index (χ1) is 14.0. The summed E-state index contributed by atoms with van der Waals surface area (Å²) < 4.78 is 46.1. The normalized spacial score (nSPS) is 11.3. The number of benzene rings is 2. The van der Waals surface area contributed by atoms with Crippen molar-refractivity contribution in [3.05, 3.63) is 58.4 Å². The molecule has 0 saturated heterocycles. The number of hydrogen-bond donors (Lipinski definition) is 3. The van der Waals surface area contributed by atoms with Gasteiger partial charge in [-0.05, 0) is 35.4 Å². The van der Waals surface area contributed by atoms with E-state index in [-0.39, 0.29) is 11.0 Å². The van der Waals surface area contributed by atoms with Crippen LogP contribution >= 0.6 is 0 Å². The topological polar surface area (TPSA) is 126 Å². The first-order valence-corrected chi connectivity index (χ1v) is 8.21. The SMILES string of the molecule is O=C(O)CNC(=O)c1c(O)c2ccc(-c3cccc(OC(F)(F)F)c3)cc2oc1=O. The molecule has 0 fully saturated rings. The van der Waals surface area contributed by atoms with Crippen LogP contribution in [0.2, 0.25) is 0 Å². The van der Waals surface area contributed by atoms with Crippen LogP contribution in [0, 0.1) is 0 Å². The number of ether oxygens (including phenoxy) is 1. The Labute approximate surface area is 165 Å². The Morgan fingerprint density at radius 1 is 1.10 bits per heavy atom. The van der Waals surface area contributed by atoms with E-state index in [1.807, 2.05) is 5.32 Å². The molecule has 3 rings (SSSR count). The van der Waals surface area contributed by atoms with Crippen LogP contribution < -0.4 is 15.7 Å². The van der Waals surface area contributed by atoms with Gasteiger partial charge >= 0.3 is 18.0 Å². The highest BCUT2D eigenvalue weighted by atomic mass is 19.4. The molecule has 8 nitrogen and oxygen atoms in total. The van der Waals surface area contributed by atoms with Crippen molar-refractivity contribution in [2.24, 2.45) is 0 Å². The highest BCUT2D eigenvalue weighted by molar-refractivity contribution is 6.02. The van der Waals surface area contributed by atoms with E-state index in [9.17, 15) is 32.7 Å². The maximum atomic E-state index is 12.4. The average Bonchev–Trinajstić information content (AvgIpc) is 2.64. The van der Waals surface area contributed by atoms with Crippen molar-refractivity contribution in [3.63, 3.8) is 0 Å². The van der Waals surface area contributed by atoms with Gasteiger partial charge in [0, 0.05) is 0 Å². The molecule has 0 spiro atoms. The maximum Gasteiger partial charge on any atom is 0.573 e. The van der Waals surface area contributed by atoms with Crippen molar-refractivity contribution in [2.75, 3.05) is 6.54 Å². The Morgan fingerprint density at radius 3 is 2.47 bits per heavy atom. The van der Waals surface area contributed by atoms with Crippen LogP contribution in [-0.4, -0.2) is 35.0 Å². The van der Waals surface area contributed by atoms with E-state index in [2.05, 4.69) is 4.74 Å². The lowest BCUT2D eigenvalue weighted by Crippen LogP contribution is -2.32. The molecule has 0 aliphatic heterocycles. The van der Waals surface area contributed by atoms with Crippen LogP contribution in [-0.2, 0) is 4.79 Å². The Balaban J connectivity index is 2.01. The summed E-state index contributed by atoms with van der Waals surface area (Å²) in [5.74, 6) is -3.65. The second kappa shape index (κ2) is 7.78. The highest BCUT2D eigenvalue weighted by Gasteiger charge is 2.31. The number of aliphatic carboxylic acids is 1. The molecular weight excluding hydrogens is 411 g/mol. The van der Waals surface area contributed by atoms with Gasteiger partial charge in [0.1, 0.15) is 23.6 Å². The number of fused-ring (bicyclic) bond motifs is 1. The number of rotatable bonds is 5. The molecule has 11 heteroatoms. The molecule has 156 valence electrons. The molecule has 0 unspecified atom stereocenters. The van der Waals surface area contributed by atoms with Crippen molar-refractivity contribution in [1.82, 2.24) is 5.32 Å². The molecule has 0 atom stereocenters. The highest BCUT2D eigenvalue weighted by Crippen LogP contribution is 2.32. The van der Waals surface area contributed by atoms with E-state index in [0.717, 1.165) is 12.1 Å². The number of alkyl halides is 3. The number of carboxylic acid groups (broad SMARTS) is 1. The van der Waals surface area contributed by atoms with E-state index in [0.29, 0.717) is 11.1 Å². The summed E-state index contributed by atoms with van der Waals surface area (Å²) in [4.78, 5) is 34.6. The average molecular weight is 423 g/mol. The Kier molecular flexibility index (Phi) is 5.37. The summed E-state index contributed by atoms with van der Waals surface area (Å²) in [6.45, 7) is -0.773. The number of nitrogens with one attached hydrogen (secondary N) is 1. The quantitative estimate of drug-likeness (QED) is 0.539. The molecule has 1 amide bonds. The first-order valence-electron chi connectivity index (χ1n) is 8.21. The predicted octanol–water partition coefficient (Wildman–Crippen LogP) is 2.88. The van der Waals surface area contributed by atoms with Gasteiger partial charge in [0.15, 0.2) is 5.56 Å². The Bertz CT molecular complexity index is 1200. The fraction of sp³-hybridized carbons (Fsp3) is 0.105. The van der Waals surface area contributed by atoms with E-state index in [4.69, 9.17) is 9.52 Å². The number of amides is 1. The molecule has 0 saturated carbocycles. The van der Waals surface area contributed by atoms with Gasteiger partial charge in [-0.3, -0.25) is 9.59 Å². The van der Waals surface area contributed by atoms with Crippen molar-refractivity contribution in [1.29, 1.82) is 0 Å². The minimum absolute atomic E-state index is 0.0264. The smallest absolute Gasteiger partial charge is 0.506 e. The third-order valence-corrected chi connectivity index (χ3v) is 3.91. The van der Waals surface area contributed by atoms with Crippen molar-refractivity contribution < 1.29 is 42.1 Å². The minimum Gasteiger partial charge on any atom is -0.506 e. The molecule has 0 bridgehead atoms. The molecule has 3 aromatic rings. The third-order valence-electron chi connectivity index (χ3n) is 3.91. The van der Waals surface area contributed by atoms with Gasteiger partial charge in [0.25, 0.3) is 5.91 Å². The second-order valence-electron chi connectivity index (χ2n) is 5.98. The fourth-order valence-corrected chi connectivity index (χ4v) is 2.68. The van der Waals surface area contributed by atoms with E-state index >= 15 is 0 Å². The van der Waals surface area contributed by atoms with Crippen LogP contribution in [0.25, 0.3) is 22.1 Å². The van der Waals surface area contributed by atoms with Gasteiger partial charge in [0.05, 0.1) is 5.39 Å². The lowest BCUT2D eigenvalue weighted by atomic mass is 10.0. The number of aromatic hydroxyl groups is 1. The van der Waals surface area contributed by atoms with Gasteiger partial charge in [-0.25, -0.2) is 4.79 Å². The third kappa shape index (κ3) is 4.51. The molecule has 0 aliphatic rings. The van der Waals surface area contributed by atoms with Crippen LogP contribution in [0.5, 0.6) is 11.5 Å². The Hall–Kier alpha value is -4.02. The van der Waals surface area contributed by atoms with E-state index < -0.39 is 47.5 Å². The van der Waals surface area contributed by atoms with Crippen LogP contribution in [0.15, 0.2) is 51.7 Å². The molecule has 1 heterocycles. The zero-order valence-corrected chi connectivity index (χ0v) is 14.8. The lowest BCUT2D eigenvalue weighted by Gasteiger charge is -2.11. The second-order valence-corrected chi connectivity index (χ2v) is 5.98. The van der Waals surface area contributed by atoms with Crippen molar-refractivity contribution >= 4 is 22.8 Å². The molecule has 2 aromatic carbocycles. The lowest BCUT2D eigenvalue weighted by molar-refractivity contribution is -0.274. The van der Waals surface area contributed by atoms with Gasteiger partial charge in [-0.15, -0.1) is 13.2 Å². The first kappa shape index (κ1) is 20.7. The number of carbonyl (C=O) groups excluding carboxylic acids is 1. The zero-order valence-electron chi connectivity index (χ0n) is 14.8. The fourth-order valence-electron chi connectivity index (χ4n) is 2.68. The molecule has 3 N–H and O–H groups in total. The molecule has 30 heavy (non-hydrogen) atoms. The van der Waals surface area contributed by atoms with Crippen molar-refractivity contribution in [2.45, 2.75) is 6.36 Å². The monoisotopic (exact) mass is 423 g/mol. The summed E-state index contributed by atoms with van der Waals surface area (Å²) in [5, 5.41) is 20.8. The van der Waals surface area contributed by atoms with Gasteiger partial charge < -0.3 is 24.7 Å². The minimum atomic E-state index is -4.86. The van der Waals surface area contributed by atoms with Crippen LogP contribution in [0.1, 0.15) is 10.4 Å². The van der Waals surface area contributed by atoms with Crippen molar-refractivity contribution in [3.8, 4) is 22.6 Å². The molecule has 0 radical (unpaired) electrons. The van der Waals surface area contributed by atoms with E-state index in [1.54, 1.807) is 0 Å². The molecular formula is C19H12F3NO7. The summed E-state index contributed by atoms with van der Waals surface area (Å²) >= 11 is 0. The number of carboxylic acids is 1. The standard InChI is InChI=1S/C19H12F3NO7/c20-19(21,22)30-11-3-1-2-9(6-11)10-4-5-12-13(7-10)29-18(28)15(16(12)26)17(27)23-8-14(24)25/h1-7,26H,8H2,(H,23,27)(H,24,25). The van der Waals surface area contributed by atoms with E-state index in [1.165, 1.54) is 30.3 Å². The predicted molar refractivity (Wildman–Crippen MR) is 96.2 cm³/mol. The maximum absolute atomic E-state index is 12.4. The number of halogens is 3. The molecule has 1 aromatic heterocycles. The summed E-state index contributed by atoms with van der Waals surface area (Å²) in [7, 11) is 0. The van der Waals surface area contributed by atoms with Crippen LogP contribution in [0.4, 0.5) is 13.2 Å². The zero-order chi connectivity index (χ0) is 22.1. The summed E-state index contributed by atoms with van der Waals surface area (Å²) in [5.41, 5.74) is -1.46.